The van der Waals surface area contributed by atoms with Crippen molar-refractivity contribution in [2.75, 3.05) is 18.1 Å². The second kappa shape index (κ2) is 12.6. The van der Waals surface area contributed by atoms with Crippen molar-refractivity contribution in [1.82, 2.24) is 5.32 Å². The summed E-state index contributed by atoms with van der Waals surface area (Å²) >= 11 is 1.87. The van der Waals surface area contributed by atoms with Crippen LogP contribution in [0, 0.1) is 10.8 Å². The van der Waals surface area contributed by atoms with Crippen LogP contribution in [0.1, 0.15) is 114 Å². The van der Waals surface area contributed by atoms with Crippen molar-refractivity contribution in [2.45, 2.75) is 125 Å². The highest BCUT2D eigenvalue weighted by Crippen LogP contribution is 2.34. The van der Waals surface area contributed by atoms with Crippen LogP contribution in [0.5, 0.6) is 0 Å². The summed E-state index contributed by atoms with van der Waals surface area (Å²) in [6.07, 6.45) is 6.63. The van der Waals surface area contributed by atoms with Gasteiger partial charge in [-0.25, -0.2) is 0 Å². The molecule has 0 aromatic rings. The zero-order valence-corrected chi connectivity index (χ0v) is 22.1. The number of carbonyl (C=O) groups is 1. The van der Waals surface area contributed by atoms with Gasteiger partial charge < -0.3 is 10.1 Å². The fraction of sp³-hybridized carbons (Fsp3) is 0.960. The van der Waals surface area contributed by atoms with Crippen molar-refractivity contribution in [3.63, 3.8) is 0 Å². The van der Waals surface area contributed by atoms with Crippen LogP contribution in [-0.4, -0.2) is 35.2 Å². The number of hydrogen-bond donors (Lipinski definition) is 1. The van der Waals surface area contributed by atoms with E-state index in [-0.39, 0.29) is 17.0 Å². The number of amides is 1. The van der Waals surface area contributed by atoms with Crippen LogP contribution in [0.3, 0.4) is 0 Å². The average molecular weight is 430 g/mol. The standard InChI is InChI=1S/C25H51NO2S/c1-11-24(12-2,26-21(27)15-18-29-20-23(8,9)10)19-28-25(13-3,14-4)17-16-22(5,6)7/h11-20H2,1-10H3,(H,26,27). The monoisotopic (exact) mass is 429 g/mol. The zero-order chi connectivity index (χ0) is 22.8. The molecule has 0 aliphatic heterocycles. The van der Waals surface area contributed by atoms with E-state index in [4.69, 9.17) is 4.74 Å². The molecule has 0 fully saturated rings. The largest absolute Gasteiger partial charge is 0.373 e. The predicted molar refractivity (Wildman–Crippen MR) is 131 cm³/mol. The smallest absolute Gasteiger partial charge is 0.221 e. The lowest BCUT2D eigenvalue weighted by Gasteiger charge is -2.40. The molecule has 3 nitrogen and oxygen atoms in total. The third kappa shape index (κ3) is 12.3. The first-order valence-corrected chi connectivity index (χ1v) is 12.9. The predicted octanol–water partition coefficient (Wildman–Crippen LogP) is 7.23. The summed E-state index contributed by atoms with van der Waals surface area (Å²) in [5.74, 6) is 2.12. The van der Waals surface area contributed by atoms with Gasteiger partial charge in [-0.2, -0.15) is 11.8 Å². The SMILES string of the molecule is CCC(CC)(COC(CC)(CC)CCC(C)(C)C)NC(=O)CCSCC(C)(C)C. The molecular weight excluding hydrogens is 378 g/mol. The molecule has 29 heavy (non-hydrogen) atoms. The van der Waals surface area contributed by atoms with Gasteiger partial charge in [-0.1, -0.05) is 69.2 Å². The molecule has 0 aromatic carbocycles. The Morgan fingerprint density at radius 3 is 1.79 bits per heavy atom. The first-order chi connectivity index (χ1) is 13.3. The van der Waals surface area contributed by atoms with Crippen molar-refractivity contribution < 1.29 is 9.53 Å². The quantitative estimate of drug-likeness (QED) is 0.296. The van der Waals surface area contributed by atoms with Gasteiger partial charge >= 0.3 is 0 Å². The lowest BCUT2D eigenvalue weighted by molar-refractivity contribution is -0.127. The van der Waals surface area contributed by atoms with Gasteiger partial charge in [0.25, 0.3) is 0 Å². The molecule has 0 radical (unpaired) electrons. The van der Waals surface area contributed by atoms with Crippen LogP contribution < -0.4 is 5.32 Å². The minimum absolute atomic E-state index is 0.0871. The zero-order valence-electron chi connectivity index (χ0n) is 21.3. The number of ether oxygens (including phenoxy) is 1. The maximum Gasteiger partial charge on any atom is 0.221 e. The summed E-state index contributed by atoms with van der Waals surface area (Å²) in [6, 6.07) is 0. The number of thioether (sulfide) groups is 1. The van der Waals surface area contributed by atoms with Crippen LogP contribution in [0.25, 0.3) is 0 Å². The van der Waals surface area contributed by atoms with Gasteiger partial charge in [0.2, 0.25) is 5.91 Å². The molecule has 0 saturated carbocycles. The highest BCUT2D eigenvalue weighted by molar-refractivity contribution is 7.99. The Hall–Kier alpha value is -0.220. The summed E-state index contributed by atoms with van der Waals surface area (Å²) in [7, 11) is 0. The van der Waals surface area contributed by atoms with E-state index < -0.39 is 0 Å². The van der Waals surface area contributed by atoms with E-state index in [9.17, 15) is 4.79 Å². The number of nitrogens with one attached hydrogen (secondary N) is 1. The average Bonchev–Trinajstić information content (AvgIpc) is 2.63. The lowest BCUT2D eigenvalue weighted by Crippen LogP contribution is -2.53. The summed E-state index contributed by atoms with van der Waals surface area (Å²) in [6.45, 7) is 23.0. The second-order valence-corrected chi connectivity index (χ2v) is 12.2. The molecule has 0 unspecified atom stereocenters. The minimum atomic E-state index is -0.261. The van der Waals surface area contributed by atoms with Gasteiger partial charge in [0.05, 0.1) is 17.7 Å². The number of carbonyl (C=O) groups excluding carboxylic acids is 1. The van der Waals surface area contributed by atoms with E-state index in [1.807, 2.05) is 11.8 Å². The summed E-state index contributed by atoms with van der Waals surface area (Å²) in [4.78, 5) is 12.6. The molecule has 174 valence electrons. The van der Waals surface area contributed by atoms with E-state index >= 15 is 0 Å². The second-order valence-electron chi connectivity index (χ2n) is 11.1. The van der Waals surface area contributed by atoms with Crippen LogP contribution in [0.15, 0.2) is 0 Å². The molecular formula is C25H51NO2S. The lowest BCUT2D eigenvalue weighted by atomic mass is 9.82. The minimum Gasteiger partial charge on any atom is -0.373 e. The summed E-state index contributed by atoms with van der Waals surface area (Å²) in [5, 5.41) is 3.34. The van der Waals surface area contributed by atoms with Gasteiger partial charge in [-0.3, -0.25) is 4.79 Å². The van der Waals surface area contributed by atoms with Crippen LogP contribution in [0.2, 0.25) is 0 Å². The van der Waals surface area contributed by atoms with E-state index in [1.54, 1.807) is 0 Å². The molecule has 0 saturated heterocycles. The fourth-order valence-electron chi connectivity index (χ4n) is 3.34. The Labute approximate surface area is 186 Å². The van der Waals surface area contributed by atoms with Gasteiger partial charge in [-0.15, -0.1) is 0 Å². The van der Waals surface area contributed by atoms with Crippen LogP contribution in [-0.2, 0) is 9.53 Å². The van der Waals surface area contributed by atoms with Gasteiger partial charge in [-0.05, 0) is 55.1 Å². The summed E-state index contributed by atoms with van der Waals surface area (Å²) in [5.41, 5.74) is 0.270. The molecule has 0 aromatic heterocycles. The Morgan fingerprint density at radius 2 is 1.38 bits per heavy atom. The van der Waals surface area contributed by atoms with Crippen molar-refractivity contribution in [3.8, 4) is 0 Å². The maximum atomic E-state index is 12.6. The third-order valence-corrected chi connectivity index (χ3v) is 7.60. The molecule has 1 amide bonds. The number of rotatable bonds is 14. The van der Waals surface area contributed by atoms with Crippen LogP contribution in [0.4, 0.5) is 0 Å². The molecule has 0 heterocycles. The van der Waals surface area contributed by atoms with E-state index in [0.29, 0.717) is 23.9 Å². The first-order valence-electron chi connectivity index (χ1n) is 11.8. The topological polar surface area (TPSA) is 38.3 Å². The Morgan fingerprint density at radius 1 is 0.828 bits per heavy atom. The highest BCUT2D eigenvalue weighted by Gasteiger charge is 2.35. The normalized spacial score (nSPS) is 13.6. The molecule has 0 spiro atoms. The van der Waals surface area contributed by atoms with Crippen molar-refractivity contribution in [1.29, 1.82) is 0 Å². The molecule has 0 aliphatic carbocycles. The van der Waals surface area contributed by atoms with Crippen molar-refractivity contribution >= 4 is 17.7 Å². The third-order valence-electron chi connectivity index (χ3n) is 6.04. The van der Waals surface area contributed by atoms with E-state index in [1.165, 1.54) is 0 Å². The molecule has 0 atom stereocenters. The molecule has 0 aliphatic rings. The van der Waals surface area contributed by atoms with E-state index in [0.717, 1.165) is 50.0 Å². The van der Waals surface area contributed by atoms with E-state index in [2.05, 4.69) is 74.6 Å². The van der Waals surface area contributed by atoms with Gasteiger partial charge in [0, 0.05) is 12.2 Å². The van der Waals surface area contributed by atoms with Crippen molar-refractivity contribution in [3.05, 3.63) is 0 Å². The Balaban J connectivity index is 4.88. The molecule has 1 N–H and O–H groups in total. The first kappa shape index (κ1) is 28.8. The molecule has 0 bridgehead atoms. The molecule has 0 rings (SSSR count). The van der Waals surface area contributed by atoms with Crippen LogP contribution >= 0.6 is 11.8 Å². The molecule has 4 heteroatoms. The maximum absolute atomic E-state index is 12.6. The fourth-order valence-corrected chi connectivity index (χ4v) is 4.43. The number of hydrogen-bond acceptors (Lipinski definition) is 3. The Bertz CT molecular complexity index is 454. The summed E-state index contributed by atoms with van der Waals surface area (Å²) < 4.78 is 6.62. The van der Waals surface area contributed by atoms with Gasteiger partial charge in [0.15, 0.2) is 0 Å². The van der Waals surface area contributed by atoms with Gasteiger partial charge in [0.1, 0.15) is 0 Å². The Kier molecular flexibility index (Phi) is 12.5. The highest BCUT2D eigenvalue weighted by atomic mass is 32.2. The van der Waals surface area contributed by atoms with Crippen molar-refractivity contribution in [2.24, 2.45) is 10.8 Å².